The molecule has 1 aromatic rings. The fraction of sp³-hybridized carbons (Fsp3) is 0.650. The lowest BCUT2D eigenvalue weighted by atomic mass is 9.91. The minimum absolute atomic E-state index is 0.0373. The number of carbonyl (C=O) groups excluding carboxylic acids is 3. The number of hydrogen-bond donors (Lipinski definition) is 1. The molecule has 29 heavy (non-hydrogen) atoms. The van der Waals surface area contributed by atoms with E-state index in [-0.39, 0.29) is 42.4 Å². The molecule has 3 aliphatic rings. The summed E-state index contributed by atoms with van der Waals surface area (Å²) in [6.45, 7) is 4.34. The lowest BCUT2D eigenvalue weighted by Gasteiger charge is -2.34. The maximum atomic E-state index is 12.7. The number of urea groups is 1. The van der Waals surface area contributed by atoms with E-state index in [0.717, 1.165) is 43.7 Å². The summed E-state index contributed by atoms with van der Waals surface area (Å²) in [6.07, 6.45) is 4.45. The fourth-order valence-corrected chi connectivity index (χ4v) is 4.73. The number of nitrogens with zero attached hydrogens (tertiary/aromatic N) is 4. The van der Waals surface area contributed by atoms with E-state index in [1.165, 1.54) is 4.90 Å². The number of amides is 4. The summed E-state index contributed by atoms with van der Waals surface area (Å²) in [5.41, 5.74) is 1.60. The summed E-state index contributed by atoms with van der Waals surface area (Å²) in [7, 11) is 0. The van der Waals surface area contributed by atoms with Gasteiger partial charge in [0.2, 0.25) is 11.8 Å². The number of imide groups is 1. The Bertz CT molecular complexity index is 893. The zero-order chi connectivity index (χ0) is 20.5. The third kappa shape index (κ3) is 3.77. The van der Waals surface area contributed by atoms with E-state index >= 15 is 0 Å². The summed E-state index contributed by atoms with van der Waals surface area (Å²) in [5, 5.41) is 2.48. The van der Waals surface area contributed by atoms with E-state index in [4.69, 9.17) is 0 Å². The van der Waals surface area contributed by atoms with E-state index in [1.54, 1.807) is 0 Å². The van der Waals surface area contributed by atoms with Crippen LogP contribution in [-0.2, 0) is 22.6 Å². The summed E-state index contributed by atoms with van der Waals surface area (Å²) in [4.78, 5) is 55.5. The highest BCUT2D eigenvalue weighted by Crippen LogP contribution is 2.30. The molecular weight excluding hydrogens is 374 g/mol. The Morgan fingerprint density at radius 1 is 1.21 bits per heavy atom. The molecule has 0 aliphatic carbocycles. The van der Waals surface area contributed by atoms with Gasteiger partial charge in [0.15, 0.2) is 0 Å². The summed E-state index contributed by atoms with van der Waals surface area (Å²) in [6, 6.07) is -0.382. The van der Waals surface area contributed by atoms with Gasteiger partial charge in [-0.05, 0) is 32.6 Å². The van der Waals surface area contributed by atoms with Gasteiger partial charge in [-0.25, -0.2) is 4.79 Å². The number of nitrogens with one attached hydrogen (secondary N) is 1. The minimum atomic E-state index is -0.382. The van der Waals surface area contributed by atoms with Crippen LogP contribution in [0.5, 0.6) is 0 Å². The quantitative estimate of drug-likeness (QED) is 0.725. The van der Waals surface area contributed by atoms with Crippen molar-refractivity contribution < 1.29 is 14.4 Å². The van der Waals surface area contributed by atoms with Crippen molar-refractivity contribution >= 4 is 17.8 Å². The molecule has 1 atom stereocenters. The molecule has 3 aliphatic heterocycles. The lowest BCUT2D eigenvalue weighted by molar-refractivity contribution is -0.133. The average molecular weight is 401 g/mol. The Morgan fingerprint density at radius 3 is 2.79 bits per heavy atom. The van der Waals surface area contributed by atoms with E-state index in [1.807, 2.05) is 11.8 Å². The molecule has 2 fully saturated rings. The number of piperidine rings is 1. The van der Waals surface area contributed by atoms with Gasteiger partial charge in [-0.1, -0.05) is 0 Å². The molecule has 0 radical (unpaired) electrons. The Balaban J connectivity index is 1.40. The van der Waals surface area contributed by atoms with Crippen LogP contribution in [0.25, 0.3) is 0 Å². The van der Waals surface area contributed by atoms with Crippen molar-refractivity contribution in [1.82, 2.24) is 24.7 Å². The van der Waals surface area contributed by atoms with Crippen molar-refractivity contribution in [3.05, 3.63) is 27.4 Å². The second kappa shape index (κ2) is 7.96. The number of carbonyl (C=O) groups is 3. The van der Waals surface area contributed by atoms with Crippen LogP contribution in [0.15, 0.2) is 4.79 Å². The third-order valence-electron chi connectivity index (χ3n) is 6.19. The maximum Gasteiger partial charge on any atom is 0.324 e. The van der Waals surface area contributed by atoms with Gasteiger partial charge in [-0.2, -0.15) is 4.98 Å². The second-order valence-corrected chi connectivity index (χ2v) is 8.09. The van der Waals surface area contributed by atoms with Crippen molar-refractivity contribution in [3.63, 3.8) is 0 Å². The van der Waals surface area contributed by atoms with Crippen molar-refractivity contribution in [1.29, 1.82) is 0 Å². The molecule has 0 spiro atoms. The molecule has 4 heterocycles. The molecule has 9 nitrogen and oxygen atoms in total. The van der Waals surface area contributed by atoms with Gasteiger partial charge < -0.3 is 14.8 Å². The standard InChI is InChI=1S/C20H27N5O4/c1-13-18(24-9-3-6-15(24)22-19(13)28)14-5-2-8-23(12-14)16(26)7-4-10-25-17(27)11-21-20(25)29/h14H,2-12H2,1H3,(H,21,29). The van der Waals surface area contributed by atoms with E-state index in [9.17, 15) is 19.2 Å². The van der Waals surface area contributed by atoms with Crippen LogP contribution in [0.3, 0.4) is 0 Å². The molecular formula is C20H27N5O4. The molecule has 4 amide bonds. The first-order valence-corrected chi connectivity index (χ1v) is 10.4. The highest BCUT2D eigenvalue weighted by molar-refractivity contribution is 6.01. The molecule has 1 aromatic heterocycles. The molecule has 4 rings (SSSR count). The molecule has 1 unspecified atom stereocenters. The van der Waals surface area contributed by atoms with E-state index in [2.05, 4.69) is 14.9 Å². The minimum Gasteiger partial charge on any atom is -0.342 e. The summed E-state index contributed by atoms with van der Waals surface area (Å²) < 4.78 is 2.19. The van der Waals surface area contributed by atoms with Crippen LogP contribution < -0.4 is 10.9 Å². The van der Waals surface area contributed by atoms with Crippen LogP contribution >= 0.6 is 0 Å². The highest BCUT2D eigenvalue weighted by Gasteiger charge is 2.31. The zero-order valence-electron chi connectivity index (χ0n) is 16.8. The topological polar surface area (TPSA) is 105 Å². The van der Waals surface area contributed by atoms with Gasteiger partial charge in [0.05, 0.1) is 6.54 Å². The second-order valence-electron chi connectivity index (χ2n) is 8.09. The van der Waals surface area contributed by atoms with E-state index in [0.29, 0.717) is 31.5 Å². The van der Waals surface area contributed by atoms with Gasteiger partial charge in [0, 0.05) is 56.2 Å². The van der Waals surface area contributed by atoms with Crippen molar-refractivity contribution in [2.45, 2.75) is 57.9 Å². The molecule has 156 valence electrons. The van der Waals surface area contributed by atoms with Crippen molar-refractivity contribution in [2.75, 3.05) is 26.2 Å². The van der Waals surface area contributed by atoms with Gasteiger partial charge in [0.25, 0.3) is 5.56 Å². The molecule has 0 aromatic carbocycles. The predicted molar refractivity (Wildman–Crippen MR) is 104 cm³/mol. The van der Waals surface area contributed by atoms with Crippen molar-refractivity contribution in [3.8, 4) is 0 Å². The number of aromatic nitrogens is 2. The largest absolute Gasteiger partial charge is 0.342 e. The molecule has 9 heteroatoms. The first-order valence-electron chi connectivity index (χ1n) is 10.4. The number of fused-ring (bicyclic) bond motifs is 1. The third-order valence-corrected chi connectivity index (χ3v) is 6.19. The van der Waals surface area contributed by atoms with Crippen LogP contribution in [-0.4, -0.2) is 63.4 Å². The summed E-state index contributed by atoms with van der Waals surface area (Å²) >= 11 is 0. The number of rotatable bonds is 5. The highest BCUT2D eigenvalue weighted by atomic mass is 16.2. The molecule has 2 saturated heterocycles. The SMILES string of the molecule is Cc1c(C2CCCN(C(=O)CCCN3C(=O)CNC3=O)C2)n2c(nc1=O)CCC2. The van der Waals surface area contributed by atoms with Gasteiger partial charge in [0.1, 0.15) is 5.82 Å². The first kappa shape index (κ1) is 19.6. The Kier molecular flexibility index (Phi) is 5.38. The maximum absolute atomic E-state index is 12.7. The smallest absolute Gasteiger partial charge is 0.324 e. The van der Waals surface area contributed by atoms with Gasteiger partial charge in [-0.3, -0.25) is 19.3 Å². The first-order chi connectivity index (χ1) is 14.0. The Hall–Kier alpha value is -2.71. The Morgan fingerprint density at radius 2 is 2.03 bits per heavy atom. The Labute approximate surface area is 169 Å². The zero-order valence-corrected chi connectivity index (χ0v) is 16.8. The number of hydrogen-bond acceptors (Lipinski definition) is 5. The number of aryl methyl sites for hydroxylation is 1. The number of likely N-dealkylation sites (tertiary alicyclic amines) is 1. The van der Waals surface area contributed by atoms with E-state index < -0.39 is 0 Å². The molecule has 1 N–H and O–H groups in total. The fourth-order valence-electron chi connectivity index (χ4n) is 4.73. The normalized spacial score (nSPS) is 21.5. The van der Waals surface area contributed by atoms with Gasteiger partial charge >= 0.3 is 6.03 Å². The lowest BCUT2D eigenvalue weighted by Crippen LogP contribution is -2.41. The van der Waals surface area contributed by atoms with Crippen LogP contribution in [0.4, 0.5) is 4.79 Å². The monoisotopic (exact) mass is 401 g/mol. The predicted octanol–water partition coefficient (Wildman–Crippen LogP) is 0.536. The van der Waals surface area contributed by atoms with Crippen LogP contribution in [0.2, 0.25) is 0 Å². The molecule has 0 saturated carbocycles. The molecule has 0 bridgehead atoms. The van der Waals surface area contributed by atoms with Gasteiger partial charge in [-0.15, -0.1) is 0 Å². The van der Waals surface area contributed by atoms with Crippen LogP contribution in [0, 0.1) is 6.92 Å². The van der Waals surface area contributed by atoms with Crippen molar-refractivity contribution in [2.24, 2.45) is 0 Å². The van der Waals surface area contributed by atoms with Crippen LogP contribution in [0.1, 0.15) is 55.1 Å². The average Bonchev–Trinajstić information content (AvgIpc) is 3.29. The summed E-state index contributed by atoms with van der Waals surface area (Å²) in [5.74, 6) is 0.809.